The van der Waals surface area contributed by atoms with Crippen LogP contribution in [0, 0.1) is 6.92 Å². The smallest absolute Gasteiger partial charge is 0.410 e. The van der Waals surface area contributed by atoms with Gasteiger partial charge in [-0.1, -0.05) is 6.08 Å². The van der Waals surface area contributed by atoms with Gasteiger partial charge >= 0.3 is 6.09 Å². The van der Waals surface area contributed by atoms with Crippen LogP contribution in [0.2, 0.25) is 0 Å². The van der Waals surface area contributed by atoms with Crippen LogP contribution in [0.1, 0.15) is 38.3 Å². The van der Waals surface area contributed by atoms with Crippen LogP contribution in [-0.2, 0) is 4.74 Å². The summed E-state index contributed by atoms with van der Waals surface area (Å²) in [6.45, 7) is 8.97. The first-order chi connectivity index (χ1) is 9.35. The standard InChI is InChI=1S/C16H22N2O2/c1-12-9-14(11-17-10-12)13-5-7-18(8-6-13)15(19)20-16(2,3)4/h5,9-11H,6-8H2,1-4H3. The van der Waals surface area contributed by atoms with Crippen molar-refractivity contribution in [1.82, 2.24) is 9.88 Å². The fraction of sp³-hybridized carbons (Fsp3) is 0.500. The number of carbonyl (C=O) groups excluding carboxylic acids is 1. The maximum absolute atomic E-state index is 12.0. The van der Waals surface area contributed by atoms with Crippen LogP contribution in [0.4, 0.5) is 4.79 Å². The van der Waals surface area contributed by atoms with Gasteiger partial charge in [-0.15, -0.1) is 0 Å². The molecule has 0 aromatic carbocycles. The van der Waals surface area contributed by atoms with Crippen molar-refractivity contribution < 1.29 is 9.53 Å². The summed E-state index contributed by atoms with van der Waals surface area (Å²) >= 11 is 0. The van der Waals surface area contributed by atoms with Gasteiger partial charge in [-0.2, -0.15) is 0 Å². The molecular formula is C16H22N2O2. The number of nitrogens with zero attached hydrogens (tertiary/aromatic N) is 2. The highest BCUT2D eigenvalue weighted by Gasteiger charge is 2.23. The van der Waals surface area contributed by atoms with Gasteiger partial charge in [0.05, 0.1) is 0 Å². The minimum absolute atomic E-state index is 0.241. The van der Waals surface area contributed by atoms with Gasteiger partial charge in [-0.05, 0) is 56.9 Å². The SMILES string of the molecule is Cc1cncc(C2=CCN(C(=O)OC(C)(C)C)CC2)c1. The summed E-state index contributed by atoms with van der Waals surface area (Å²) in [6.07, 6.45) is 6.41. The van der Waals surface area contributed by atoms with Crippen molar-refractivity contribution in [3.8, 4) is 0 Å². The summed E-state index contributed by atoms with van der Waals surface area (Å²) in [5, 5.41) is 0. The Morgan fingerprint density at radius 2 is 2.10 bits per heavy atom. The van der Waals surface area contributed by atoms with Gasteiger partial charge in [0.1, 0.15) is 5.60 Å². The number of aryl methyl sites for hydroxylation is 1. The number of hydrogen-bond donors (Lipinski definition) is 0. The molecule has 0 N–H and O–H groups in total. The second kappa shape index (κ2) is 5.65. The van der Waals surface area contributed by atoms with E-state index in [2.05, 4.69) is 17.1 Å². The highest BCUT2D eigenvalue weighted by molar-refractivity contribution is 5.72. The molecule has 1 aromatic heterocycles. The predicted molar refractivity (Wildman–Crippen MR) is 79.4 cm³/mol. The van der Waals surface area contributed by atoms with Crippen LogP contribution in [-0.4, -0.2) is 34.7 Å². The van der Waals surface area contributed by atoms with Gasteiger partial charge in [0.25, 0.3) is 0 Å². The van der Waals surface area contributed by atoms with Crippen LogP contribution in [0.5, 0.6) is 0 Å². The number of ether oxygens (including phenoxy) is 1. The number of hydrogen-bond acceptors (Lipinski definition) is 3. The molecule has 0 fully saturated rings. The first kappa shape index (κ1) is 14.6. The van der Waals surface area contributed by atoms with Crippen molar-refractivity contribution in [3.63, 3.8) is 0 Å². The van der Waals surface area contributed by atoms with E-state index in [1.165, 1.54) is 5.57 Å². The van der Waals surface area contributed by atoms with E-state index in [1.54, 1.807) is 4.90 Å². The zero-order valence-corrected chi connectivity index (χ0v) is 12.6. The van der Waals surface area contributed by atoms with E-state index >= 15 is 0 Å². The van der Waals surface area contributed by atoms with Crippen molar-refractivity contribution in [2.75, 3.05) is 13.1 Å². The topological polar surface area (TPSA) is 42.4 Å². The third-order valence-electron chi connectivity index (χ3n) is 3.11. The molecule has 20 heavy (non-hydrogen) atoms. The maximum Gasteiger partial charge on any atom is 0.410 e. The predicted octanol–water partition coefficient (Wildman–Crippen LogP) is 3.41. The summed E-state index contributed by atoms with van der Waals surface area (Å²) in [5.41, 5.74) is 3.11. The molecule has 0 unspecified atom stereocenters. The number of aromatic nitrogens is 1. The highest BCUT2D eigenvalue weighted by Crippen LogP contribution is 2.23. The number of pyridine rings is 1. The molecule has 0 saturated carbocycles. The normalized spacial score (nSPS) is 15.8. The summed E-state index contributed by atoms with van der Waals surface area (Å²) in [6, 6.07) is 2.13. The molecule has 0 bridgehead atoms. The highest BCUT2D eigenvalue weighted by atomic mass is 16.6. The summed E-state index contributed by atoms with van der Waals surface area (Å²) in [5.74, 6) is 0. The van der Waals surface area contributed by atoms with Gasteiger partial charge in [-0.25, -0.2) is 4.79 Å². The van der Waals surface area contributed by atoms with Crippen LogP contribution >= 0.6 is 0 Å². The summed E-state index contributed by atoms with van der Waals surface area (Å²) < 4.78 is 5.38. The molecule has 0 atom stereocenters. The third-order valence-corrected chi connectivity index (χ3v) is 3.11. The molecule has 1 amide bonds. The molecule has 1 aromatic rings. The van der Waals surface area contributed by atoms with Gasteiger partial charge in [0.2, 0.25) is 0 Å². The number of amides is 1. The molecule has 2 rings (SSSR count). The van der Waals surface area contributed by atoms with Gasteiger partial charge in [0, 0.05) is 25.5 Å². The Kier molecular flexibility index (Phi) is 4.12. The van der Waals surface area contributed by atoms with Crippen molar-refractivity contribution >= 4 is 11.7 Å². The van der Waals surface area contributed by atoms with Crippen molar-refractivity contribution in [1.29, 1.82) is 0 Å². The van der Waals surface area contributed by atoms with Crippen LogP contribution in [0.15, 0.2) is 24.5 Å². The Labute approximate surface area is 120 Å². The zero-order valence-electron chi connectivity index (χ0n) is 12.6. The molecule has 0 spiro atoms. The van der Waals surface area contributed by atoms with E-state index in [9.17, 15) is 4.79 Å². The van der Waals surface area contributed by atoms with E-state index in [0.717, 1.165) is 17.5 Å². The average Bonchev–Trinajstić information content (AvgIpc) is 2.37. The quantitative estimate of drug-likeness (QED) is 0.788. The lowest BCUT2D eigenvalue weighted by Crippen LogP contribution is -2.39. The molecular weight excluding hydrogens is 252 g/mol. The Balaban J connectivity index is 2.02. The Hall–Kier alpha value is -1.84. The van der Waals surface area contributed by atoms with Gasteiger partial charge in [-0.3, -0.25) is 4.98 Å². The van der Waals surface area contributed by atoms with Crippen molar-refractivity contribution in [3.05, 3.63) is 35.7 Å². The molecule has 0 aliphatic carbocycles. The molecule has 1 aliphatic rings. The second-order valence-corrected chi connectivity index (χ2v) is 6.16. The number of carbonyl (C=O) groups is 1. The molecule has 4 heteroatoms. The summed E-state index contributed by atoms with van der Waals surface area (Å²) in [7, 11) is 0. The van der Waals surface area contributed by atoms with Gasteiger partial charge < -0.3 is 9.64 Å². The van der Waals surface area contributed by atoms with Crippen LogP contribution < -0.4 is 0 Å². The molecule has 1 aliphatic heterocycles. The number of rotatable bonds is 1. The lowest BCUT2D eigenvalue weighted by Gasteiger charge is -2.29. The van der Waals surface area contributed by atoms with E-state index in [4.69, 9.17) is 4.74 Å². The van der Waals surface area contributed by atoms with E-state index in [0.29, 0.717) is 13.1 Å². The fourth-order valence-corrected chi connectivity index (χ4v) is 2.15. The third kappa shape index (κ3) is 3.83. The monoisotopic (exact) mass is 274 g/mol. The first-order valence-electron chi connectivity index (χ1n) is 6.94. The molecule has 2 heterocycles. The minimum atomic E-state index is -0.443. The van der Waals surface area contributed by atoms with E-state index in [1.807, 2.05) is 40.1 Å². The minimum Gasteiger partial charge on any atom is -0.444 e. The van der Waals surface area contributed by atoms with E-state index < -0.39 is 5.60 Å². The lowest BCUT2D eigenvalue weighted by atomic mass is 10.0. The maximum atomic E-state index is 12.0. The summed E-state index contributed by atoms with van der Waals surface area (Å²) in [4.78, 5) is 17.9. The average molecular weight is 274 g/mol. The fourth-order valence-electron chi connectivity index (χ4n) is 2.15. The molecule has 0 saturated heterocycles. The largest absolute Gasteiger partial charge is 0.444 e. The Morgan fingerprint density at radius 1 is 1.35 bits per heavy atom. The lowest BCUT2D eigenvalue weighted by molar-refractivity contribution is 0.0270. The second-order valence-electron chi connectivity index (χ2n) is 6.16. The van der Waals surface area contributed by atoms with E-state index in [-0.39, 0.29) is 6.09 Å². The van der Waals surface area contributed by atoms with Crippen molar-refractivity contribution in [2.24, 2.45) is 0 Å². The first-order valence-corrected chi connectivity index (χ1v) is 6.94. The molecule has 0 radical (unpaired) electrons. The Morgan fingerprint density at radius 3 is 2.65 bits per heavy atom. The van der Waals surface area contributed by atoms with Crippen LogP contribution in [0.3, 0.4) is 0 Å². The Bertz CT molecular complexity index is 530. The zero-order chi connectivity index (χ0) is 14.8. The molecule has 4 nitrogen and oxygen atoms in total. The van der Waals surface area contributed by atoms with Crippen LogP contribution in [0.25, 0.3) is 5.57 Å². The van der Waals surface area contributed by atoms with Crippen molar-refractivity contribution in [2.45, 2.75) is 39.7 Å². The van der Waals surface area contributed by atoms with Gasteiger partial charge in [0.15, 0.2) is 0 Å². The molecule has 108 valence electrons.